The minimum Gasteiger partial charge on any atom is -0.478 e. The summed E-state index contributed by atoms with van der Waals surface area (Å²) in [6.45, 7) is 0. The van der Waals surface area contributed by atoms with Gasteiger partial charge in [-0.1, -0.05) is 18.2 Å². The Bertz CT molecular complexity index is 325. The number of carboxylic acids is 1. The number of carbonyl (C=O) groups is 1. The van der Waals surface area contributed by atoms with Gasteiger partial charge in [0.25, 0.3) is 0 Å². The minimum absolute atomic E-state index is 0.331. The molecule has 7 heteroatoms. The monoisotopic (exact) mass is 219 g/mol. The summed E-state index contributed by atoms with van der Waals surface area (Å²) in [7, 11) is -4.14. The molecule has 1 rings (SSSR count). The van der Waals surface area contributed by atoms with Crippen LogP contribution in [0.2, 0.25) is 0 Å². The molecule has 14 heavy (non-hydrogen) atoms. The van der Waals surface area contributed by atoms with Gasteiger partial charge in [-0.3, -0.25) is 0 Å². The van der Waals surface area contributed by atoms with Crippen molar-refractivity contribution in [2.45, 2.75) is 0 Å². The van der Waals surface area contributed by atoms with Crippen LogP contribution in [0.25, 0.3) is 0 Å². The zero-order valence-electron chi connectivity index (χ0n) is 7.07. The molecular weight excluding hydrogens is 209 g/mol. The van der Waals surface area contributed by atoms with Gasteiger partial charge < -0.3 is 14.9 Å². The Morgan fingerprint density at radius 3 is 1.79 bits per heavy atom. The van der Waals surface area contributed by atoms with Crippen molar-refractivity contribution in [1.82, 2.24) is 0 Å². The minimum atomic E-state index is -4.14. The van der Waals surface area contributed by atoms with Crippen molar-refractivity contribution in [3.8, 4) is 0 Å². The second-order valence-corrected chi connectivity index (χ2v) is 3.44. The molecule has 0 fully saturated rings. The van der Waals surface area contributed by atoms with E-state index < -0.39 is 13.7 Å². The highest BCUT2D eigenvalue weighted by Crippen LogP contribution is 2.20. The first-order valence-electron chi connectivity index (χ1n) is 3.43. The Morgan fingerprint density at radius 1 is 1.21 bits per heavy atom. The highest BCUT2D eigenvalue weighted by atomic mass is 31.2. The molecule has 0 aliphatic heterocycles. The SMILES string of the molecule is NP(=O)(O)O.O=C(O)c1ccccc1. The lowest BCUT2D eigenvalue weighted by molar-refractivity contribution is 0.0697. The molecule has 78 valence electrons. The van der Waals surface area contributed by atoms with Crippen LogP contribution in [0.3, 0.4) is 0 Å². The zero-order chi connectivity index (χ0) is 11.2. The fraction of sp³-hybridized carbons (Fsp3) is 0. The van der Waals surface area contributed by atoms with Gasteiger partial charge in [0, 0.05) is 0 Å². The molecule has 6 nitrogen and oxygen atoms in total. The number of rotatable bonds is 1. The van der Waals surface area contributed by atoms with Gasteiger partial charge in [-0.15, -0.1) is 0 Å². The van der Waals surface area contributed by atoms with E-state index in [-0.39, 0.29) is 0 Å². The maximum atomic E-state index is 10.2. The molecule has 0 radical (unpaired) electrons. The average molecular weight is 219 g/mol. The smallest absolute Gasteiger partial charge is 0.397 e. The Balaban J connectivity index is 0.000000292. The van der Waals surface area contributed by atoms with Crippen LogP contribution in [0, 0.1) is 0 Å². The van der Waals surface area contributed by atoms with Crippen molar-refractivity contribution in [3.63, 3.8) is 0 Å². The Morgan fingerprint density at radius 2 is 1.57 bits per heavy atom. The van der Waals surface area contributed by atoms with Crippen LogP contribution < -0.4 is 5.50 Å². The second-order valence-electron chi connectivity index (χ2n) is 2.26. The molecule has 0 spiro atoms. The first-order valence-corrected chi connectivity index (χ1v) is 5.11. The summed E-state index contributed by atoms with van der Waals surface area (Å²) in [6, 6.07) is 8.30. The lowest BCUT2D eigenvalue weighted by Gasteiger charge is -1.88. The van der Waals surface area contributed by atoms with Crippen molar-refractivity contribution in [1.29, 1.82) is 0 Å². The molecule has 0 saturated carbocycles. The van der Waals surface area contributed by atoms with Gasteiger partial charge >= 0.3 is 13.7 Å². The summed E-state index contributed by atoms with van der Waals surface area (Å²) >= 11 is 0. The molecule has 0 atom stereocenters. The largest absolute Gasteiger partial charge is 0.478 e. The molecular formula is C7H10NO5P. The fourth-order valence-electron chi connectivity index (χ4n) is 0.581. The molecule has 0 amide bonds. The summed E-state index contributed by atoms with van der Waals surface area (Å²) in [6.07, 6.45) is 0. The quantitative estimate of drug-likeness (QED) is 0.508. The van der Waals surface area contributed by atoms with Gasteiger partial charge in [0.05, 0.1) is 5.56 Å². The summed E-state index contributed by atoms with van der Waals surface area (Å²) in [5.74, 6) is -0.879. The normalized spacial score (nSPS) is 9.93. The van der Waals surface area contributed by atoms with Gasteiger partial charge in [-0.2, -0.15) is 0 Å². The van der Waals surface area contributed by atoms with Crippen LogP contribution >= 0.6 is 7.75 Å². The van der Waals surface area contributed by atoms with Crippen molar-refractivity contribution < 1.29 is 24.3 Å². The van der Waals surface area contributed by atoms with Crippen molar-refractivity contribution in [2.24, 2.45) is 5.50 Å². The summed E-state index contributed by atoms with van der Waals surface area (Å²) in [4.78, 5) is 25.0. The van der Waals surface area contributed by atoms with Crippen LogP contribution in [0.1, 0.15) is 10.4 Å². The highest BCUT2D eigenvalue weighted by molar-refractivity contribution is 7.49. The van der Waals surface area contributed by atoms with E-state index in [1.54, 1.807) is 30.3 Å². The summed E-state index contributed by atoms with van der Waals surface area (Å²) < 4.78 is 9.10. The van der Waals surface area contributed by atoms with E-state index in [0.29, 0.717) is 5.56 Å². The average Bonchev–Trinajstić information content (AvgIpc) is 2.03. The molecule has 0 aromatic heterocycles. The first kappa shape index (κ1) is 12.8. The van der Waals surface area contributed by atoms with Gasteiger partial charge in [-0.05, 0) is 12.1 Å². The fourth-order valence-corrected chi connectivity index (χ4v) is 0.581. The van der Waals surface area contributed by atoms with Crippen molar-refractivity contribution in [3.05, 3.63) is 35.9 Å². The Labute approximate surface area is 80.2 Å². The highest BCUT2D eigenvalue weighted by Gasteiger charge is 1.97. The number of aromatic carboxylic acids is 1. The van der Waals surface area contributed by atoms with E-state index in [9.17, 15) is 4.79 Å². The second kappa shape index (κ2) is 5.51. The number of hydrogen-bond donors (Lipinski definition) is 4. The molecule has 1 aromatic rings. The van der Waals surface area contributed by atoms with Gasteiger partial charge in [0.1, 0.15) is 0 Å². The van der Waals surface area contributed by atoms with E-state index >= 15 is 0 Å². The van der Waals surface area contributed by atoms with Crippen LogP contribution in [0.15, 0.2) is 30.3 Å². The summed E-state index contributed by atoms with van der Waals surface area (Å²) in [5, 5.41) is 8.38. The van der Waals surface area contributed by atoms with Gasteiger partial charge in [0.15, 0.2) is 0 Å². The van der Waals surface area contributed by atoms with E-state index in [0.717, 1.165) is 0 Å². The lowest BCUT2D eigenvalue weighted by Crippen LogP contribution is -1.93. The van der Waals surface area contributed by atoms with E-state index in [2.05, 4.69) is 5.50 Å². The number of hydrogen-bond acceptors (Lipinski definition) is 2. The van der Waals surface area contributed by atoms with Gasteiger partial charge in [-0.25, -0.2) is 14.9 Å². The Hall–Kier alpha value is -1.20. The van der Waals surface area contributed by atoms with E-state index in [4.69, 9.17) is 19.5 Å². The predicted octanol–water partition coefficient (Wildman–Crippen LogP) is 0.423. The number of nitrogens with two attached hydrogens (primary N) is 1. The van der Waals surface area contributed by atoms with Crippen LogP contribution in [0.5, 0.6) is 0 Å². The van der Waals surface area contributed by atoms with Crippen LogP contribution in [-0.4, -0.2) is 20.9 Å². The van der Waals surface area contributed by atoms with Crippen LogP contribution in [-0.2, 0) is 4.57 Å². The molecule has 5 N–H and O–H groups in total. The standard InChI is InChI=1S/C7H6O2.H4NO3P/c8-7(9)6-4-2-1-3-5-6;1-5(2,3)4/h1-5H,(H,8,9);(H4,1,2,3,4). The maximum Gasteiger partial charge on any atom is 0.397 e. The Kier molecular flexibility index (Phi) is 5.04. The topological polar surface area (TPSA) is 121 Å². The van der Waals surface area contributed by atoms with E-state index in [1.165, 1.54) is 0 Å². The zero-order valence-corrected chi connectivity index (χ0v) is 7.96. The lowest BCUT2D eigenvalue weighted by atomic mass is 10.2. The number of benzene rings is 1. The van der Waals surface area contributed by atoms with E-state index in [1.807, 2.05) is 0 Å². The third kappa shape index (κ3) is 8.89. The van der Waals surface area contributed by atoms with Crippen LogP contribution in [0.4, 0.5) is 0 Å². The number of carboxylic acid groups (broad SMARTS) is 1. The molecule has 0 saturated heterocycles. The third-order valence-electron chi connectivity index (χ3n) is 1.02. The molecule has 0 bridgehead atoms. The maximum absolute atomic E-state index is 10.2. The molecule has 0 unspecified atom stereocenters. The van der Waals surface area contributed by atoms with Crippen molar-refractivity contribution in [2.75, 3.05) is 0 Å². The molecule has 1 aromatic carbocycles. The first-order chi connectivity index (χ1) is 6.30. The molecule has 0 aliphatic carbocycles. The third-order valence-corrected chi connectivity index (χ3v) is 1.02. The molecule has 0 heterocycles. The predicted molar refractivity (Wildman–Crippen MR) is 49.6 cm³/mol. The molecule has 0 aliphatic rings. The van der Waals surface area contributed by atoms with Gasteiger partial charge in [0.2, 0.25) is 0 Å². The summed E-state index contributed by atoms with van der Waals surface area (Å²) in [5.41, 5.74) is 4.35. The van der Waals surface area contributed by atoms with Crippen molar-refractivity contribution >= 4 is 13.7 Å².